The van der Waals surface area contributed by atoms with Crippen molar-refractivity contribution in [3.63, 3.8) is 0 Å². The highest BCUT2D eigenvalue weighted by Crippen LogP contribution is 2.32. The van der Waals surface area contributed by atoms with Crippen LogP contribution in [0.5, 0.6) is 0 Å². The highest BCUT2D eigenvalue weighted by atomic mass is 32.2. The highest BCUT2D eigenvalue weighted by molar-refractivity contribution is 7.99. The Kier molecular flexibility index (Phi) is 5.60. The maximum atomic E-state index is 12.1. The third-order valence-electron chi connectivity index (χ3n) is 4.62. The van der Waals surface area contributed by atoms with Gasteiger partial charge < -0.3 is 9.88 Å². The molecule has 1 N–H and O–H groups in total. The zero-order valence-corrected chi connectivity index (χ0v) is 15.1. The molecule has 0 radical (unpaired) electrons. The summed E-state index contributed by atoms with van der Waals surface area (Å²) in [5.41, 5.74) is 1.10. The minimum absolute atomic E-state index is 0.149. The van der Waals surface area contributed by atoms with Gasteiger partial charge in [0.15, 0.2) is 5.16 Å². The lowest BCUT2D eigenvalue weighted by molar-refractivity contribution is -0.122. The molecule has 0 atom stereocenters. The van der Waals surface area contributed by atoms with Crippen LogP contribution in [-0.2, 0) is 25.3 Å². The van der Waals surface area contributed by atoms with Crippen LogP contribution in [0.25, 0.3) is 0 Å². The van der Waals surface area contributed by atoms with Gasteiger partial charge in [-0.25, -0.2) is 4.98 Å². The first-order valence-corrected chi connectivity index (χ1v) is 9.40. The van der Waals surface area contributed by atoms with Crippen molar-refractivity contribution in [2.45, 2.75) is 55.0 Å². The van der Waals surface area contributed by atoms with Crippen molar-refractivity contribution in [3.05, 3.63) is 30.4 Å². The molecule has 3 rings (SSSR count). The normalized spacial score (nSPS) is 20.9. The Labute approximate surface area is 147 Å². The largest absolute Gasteiger partial charge is 0.353 e. The molecule has 2 aromatic heterocycles. The molecular weight excluding hydrogens is 322 g/mol. The van der Waals surface area contributed by atoms with Crippen molar-refractivity contribution in [3.8, 4) is 0 Å². The summed E-state index contributed by atoms with van der Waals surface area (Å²) in [5.74, 6) is 0.149. The van der Waals surface area contributed by atoms with Crippen LogP contribution in [0.4, 0.5) is 0 Å². The highest BCUT2D eigenvalue weighted by Gasteiger charge is 2.24. The molecular formula is C17H25N5OS. The number of hydrogen-bond donors (Lipinski definition) is 1. The number of hydrogen-bond acceptors (Lipinski definition) is 4. The molecule has 1 aliphatic carbocycles. The minimum Gasteiger partial charge on any atom is -0.353 e. The van der Waals surface area contributed by atoms with Crippen LogP contribution in [-0.4, -0.2) is 36.5 Å². The van der Waals surface area contributed by atoms with Gasteiger partial charge in [-0.2, -0.15) is 5.10 Å². The lowest BCUT2D eigenvalue weighted by Gasteiger charge is -2.28. The second-order valence-electron chi connectivity index (χ2n) is 6.43. The first kappa shape index (κ1) is 17.1. The van der Waals surface area contributed by atoms with Crippen molar-refractivity contribution >= 4 is 17.7 Å². The van der Waals surface area contributed by atoms with E-state index in [4.69, 9.17) is 0 Å². The van der Waals surface area contributed by atoms with Crippen LogP contribution >= 0.6 is 11.8 Å². The predicted molar refractivity (Wildman–Crippen MR) is 94.8 cm³/mol. The number of carbonyl (C=O) groups excluding carboxylic acids is 1. The number of aromatic nitrogens is 4. The Bertz CT molecular complexity index is 672. The van der Waals surface area contributed by atoms with Gasteiger partial charge in [0, 0.05) is 56.1 Å². The Morgan fingerprint density at radius 3 is 2.71 bits per heavy atom. The summed E-state index contributed by atoms with van der Waals surface area (Å²) < 4.78 is 3.89. The van der Waals surface area contributed by atoms with Gasteiger partial charge in [-0.15, -0.1) is 0 Å². The van der Waals surface area contributed by atoms with Gasteiger partial charge in [-0.3, -0.25) is 9.48 Å². The molecule has 1 saturated carbocycles. The monoisotopic (exact) mass is 347 g/mol. The fraction of sp³-hybridized carbons (Fsp3) is 0.588. The van der Waals surface area contributed by atoms with E-state index in [1.54, 1.807) is 6.20 Å². The molecule has 2 aromatic rings. The topological polar surface area (TPSA) is 64.7 Å². The summed E-state index contributed by atoms with van der Waals surface area (Å²) in [6.45, 7) is 0. The Hall–Kier alpha value is -1.76. The summed E-state index contributed by atoms with van der Waals surface area (Å²) in [5, 5.41) is 9.01. The molecule has 0 bridgehead atoms. The van der Waals surface area contributed by atoms with Gasteiger partial charge >= 0.3 is 0 Å². The molecule has 0 unspecified atom stereocenters. The van der Waals surface area contributed by atoms with Crippen LogP contribution in [0.1, 0.15) is 37.8 Å². The van der Waals surface area contributed by atoms with E-state index in [-0.39, 0.29) is 5.91 Å². The first-order valence-electron chi connectivity index (χ1n) is 8.52. The lowest BCUT2D eigenvalue weighted by atomic mass is 9.95. The van der Waals surface area contributed by atoms with E-state index >= 15 is 0 Å². The number of nitrogens with zero attached hydrogens (tertiary/aromatic N) is 4. The summed E-state index contributed by atoms with van der Waals surface area (Å²) >= 11 is 1.86. The van der Waals surface area contributed by atoms with Crippen molar-refractivity contribution < 1.29 is 4.79 Å². The molecule has 0 aromatic carbocycles. The van der Waals surface area contributed by atoms with Gasteiger partial charge in [0.2, 0.25) is 5.91 Å². The summed E-state index contributed by atoms with van der Waals surface area (Å²) in [6.07, 6.45) is 11.2. The van der Waals surface area contributed by atoms with Gasteiger partial charge in [0.25, 0.3) is 0 Å². The van der Waals surface area contributed by atoms with Crippen LogP contribution in [0, 0.1) is 0 Å². The molecule has 1 aliphatic rings. The number of thioether (sulfide) groups is 1. The zero-order chi connectivity index (χ0) is 16.9. The van der Waals surface area contributed by atoms with Gasteiger partial charge in [0.1, 0.15) is 0 Å². The first-order chi connectivity index (χ1) is 11.6. The van der Waals surface area contributed by atoms with E-state index in [1.165, 1.54) is 0 Å². The number of nitrogens with one attached hydrogen (secondary N) is 1. The molecule has 0 spiro atoms. The second-order valence-corrected chi connectivity index (χ2v) is 7.69. The van der Waals surface area contributed by atoms with Gasteiger partial charge in [0.05, 0.1) is 0 Å². The van der Waals surface area contributed by atoms with E-state index in [1.807, 2.05) is 49.0 Å². The smallest absolute Gasteiger partial charge is 0.220 e. The van der Waals surface area contributed by atoms with Crippen LogP contribution in [0.15, 0.2) is 29.8 Å². The van der Waals surface area contributed by atoms with Gasteiger partial charge in [-0.1, -0.05) is 11.8 Å². The molecule has 6 nitrogen and oxygen atoms in total. The molecule has 1 fully saturated rings. The maximum Gasteiger partial charge on any atom is 0.220 e. The predicted octanol–water partition coefficient (Wildman–Crippen LogP) is 2.31. The average molecular weight is 347 g/mol. The second kappa shape index (κ2) is 7.88. The third kappa shape index (κ3) is 4.41. The van der Waals surface area contributed by atoms with Crippen molar-refractivity contribution in [1.29, 1.82) is 0 Å². The van der Waals surface area contributed by atoms with E-state index in [9.17, 15) is 4.79 Å². The molecule has 0 saturated heterocycles. The number of rotatable bonds is 6. The zero-order valence-electron chi connectivity index (χ0n) is 14.3. The van der Waals surface area contributed by atoms with E-state index in [0.717, 1.165) is 43.0 Å². The summed E-state index contributed by atoms with van der Waals surface area (Å²) in [7, 11) is 3.94. The third-order valence-corrected chi connectivity index (χ3v) is 6.03. The van der Waals surface area contributed by atoms with E-state index < -0.39 is 0 Å². The molecule has 7 heteroatoms. The fourth-order valence-electron chi connectivity index (χ4n) is 3.13. The summed E-state index contributed by atoms with van der Waals surface area (Å²) in [6, 6.07) is 2.29. The van der Waals surface area contributed by atoms with Crippen molar-refractivity contribution in [2.24, 2.45) is 14.1 Å². The number of aryl methyl sites for hydroxylation is 3. The van der Waals surface area contributed by atoms with Gasteiger partial charge in [-0.05, 0) is 38.2 Å². The summed E-state index contributed by atoms with van der Waals surface area (Å²) in [4.78, 5) is 16.5. The average Bonchev–Trinajstić information content (AvgIpc) is 3.16. The molecule has 24 heavy (non-hydrogen) atoms. The SMILES string of the molecule is Cn1ccnc1SC1CCC(NC(=O)CCc2ccnn2C)CC1. The van der Waals surface area contributed by atoms with E-state index in [2.05, 4.69) is 20.0 Å². The molecule has 0 aliphatic heterocycles. The van der Waals surface area contributed by atoms with Crippen LogP contribution in [0.3, 0.4) is 0 Å². The number of amides is 1. The Morgan fingerprint density at radius 1 is 1.29 bits per heavy atom. The number of imidazole rings is 1. The molecule has 130 valence electrons. The van der Waals surface area contributed by atoms with Crippen LogP contribution in [0.2, 0.25) is 0 Å². The maximum absolute atomic E-state index is 12.1. The fourth-order valence-corrected chi connectivity index (χ4v) is 4.28. The van der Waals surface area contributed by atoms with Crippen molar-refractivity contribution in [1.82, 2.24) is 24.6 Å². The Morgan fingerprint density at radius 2 is 2.08 bits per heavy atom. The van der Waals surface area contributed by atoms with Crippen LogP contribution < -0.4 is 5.32 Å². The number of carbonyl (C=O) groups is 1. The molecule has 1 amide bonds. The molecule has 2 heterocycles. The van der Waals surface area contributed by atoms with E-state index in [0.29, 0.717) is 17.7 Å². The lowest BCUT2D eigenvalue weighted by Crippen LogP contribution is -2.38. The Balaban J connectivity index is 1.38. The minimum atomic E-state index is 0.149. The van der Waals surface area contributed by atoms with Crippen molar-refractivity contribution in [2.75, 3.05) is 0 Å². The quantitative estimate of drug-likeness (QED) is 0.871. The standard InChI is InChI=1S/C17H25N5OS/c1-21-12-11-18-17(21)24-15-6-3-13(4-7-15)20-16(23)8-5-14-9-10-19-22(14)2/h9-13,15H,3-8H2,1-2H3,(H,20,23).